The number of aliphatic imine (C=N–C) groups is 1. The molecule has 0 aliphatic carbocycles. The summed E-state index contributed by atoms with van der Waals surface area (Å²) in [7, 11) is 1.69. The average Bonchev–Trinajstić information content (AvgIpc) is 2.82. The van der Waals surface area contributed by atoms with Crippen molar-refractivity contribution in [2.24, 2.45) is 4.99 Å². The van der Waals surface area contributed by atoms with Crippen molar-refractivity contribution in [1.29, 1.82) is 0 Å². The Morgan fingerprint density at radius 2 is 2.29 bits per heavy atom. The van der Waals surface area contributed by atoms with Crippen molar-refractivity contribution < 1.29 is 4.74 Å². The van der Waals surface area contributed by atoms with Crippen molar-refractivity contribution in [3.8, 4) is 16.9 Å². The molecule has 0 amide bonds. The van der Waals surface area contributed by atoms with Crippen LogP contribution in [0.4, 0.5) is 5.82 Å². The molecular formula is C14H14N2O. The number of hydrogen-bond acceptors (Lipinski definition) is 2. The molecule has 2 heterocycles. The Kier molecular flexibility index (Phi) is 2.44. The van der Waals surface area contributed by atoms with Gasteiger partial charge in [0.25, 0.3) is 0 Å². The van der Waals surface area contributed by atoms with E-state index in [2.05, 4.69) is 22.1 Å². The van der Waals surface area contributed by atoms with Gasteiger partial charge in [0.2, 0.25) is 0 Å². The topological polar surface area (TPSA) is 37.4 Å². The molecule has 0 bridgehead atoms. The Morgan fingerprint density at radius 1 is 1.35 bits per heavy atom. The molecule has 17 heavy (non-hydrogen) atoms. The molecular weight excluding hydrogens is 212 g/mol. The van der Waals surface area contributed by atoms with E-state index in [1.54, 1.807) is 7.11 Å². The Morgan fingerprint density at radius 3 is 3.18 bits per heavy atom. The smallest absolute Gasteiger partial charge is 0.133 e. The van der Waals surface area contributed by atoms with Crippen LogP contribution < -0.4 is 4.74 Å². The lowest BCUT2D eigenvalue weighted by Crippen LogP contribution is -1.93. The largest absolute Gasteiger partial charge is 0.497 e. The average molecular weight is 226 g/mol. The van der Waals surface area contributed by atoms with Gasteiger partial charge in [0.1, 0.15) is 11.6 Å². The van der Waals surface area contributed by atoms with E-state index in [1.807, 2.05) is 24.5 Å². The van der Waals surface area contributed by atoms with Gasteiger partial charge in [-0.1, -0.05) is 12.1 Å². The minimum Gasteiger partial charge on any atom is -0.497 e. The zero-order valence-electron chi connectivity index (χ0n) is 9.73. The normalized spacial score (nSPS) is 13.5. The number of rotatable bonds is 2. The summed E-state index contributed by atoms with van der Waals surface area (Å²) in [5.74, 6) is 1.88. The van der Waals surface area contributed by atoms with Crippen LogP contribution in [-0.4, -0.2) is 18.3 Å². The van der Waals surface area contributed by atoms with Crippen LogP contribution in [0.2, 0.25) is 0 Å². The zero-order valence-corrected chi connectivity index (χ0v) is 9.73. The highest BCUT2D eigenvalue weighted by molar-refractivity contribution is 5.77. The molecule has 86 valence electrons. The summed E-state index contributed by atoms with van der Waals surface area (Å²) in [6.45, 7) is 0. The lowest BCUT2D eigenvalue weighted by molar-refractivity contribution is 0.415. The van der Waals surface area contributed by atoms with Crippen molar-refractivity contribution in [2.45, 2.75) is 12.8 Å². The highest BCUT2D eigenvalue weighted by Gasteiger charge is 2.14. The van der Waals surface area contributed by atoms with E-state index >= 15 is 0 Å². The van der Waals surface area contributed by atoms with Crippen LogP contribution in [0.25, 0.3) is 11.1 Å². The van der Waals surface area contributed by atoms with Crippen molar-refractivity contribution in [1.82, 2.24) is 4.98 Å². The van der Waals surface area contributed by atoms with Crippen molar-refractivity contribution in [3.63, 3.8) is 0 Å². The van der Waals surface area contributed by atoms with Gasteiger partial charge in [-0.3, -0.25) is 0 Å². The number of benzene rings is 1. The number of aromatic amines is 1. The SMILES string of the molecule is COc1cccc(-c2c[nH]c3c2CCC=N3)c1. The van der Waals surface area contributed by atoms with Crippen LogP contribution in [0.15, 0.2) is 35.5 Å². The van der Waals surface area contributed by atoms with Gasteiger partial charge in [0.05, 0.1) is 7.11 Å². The molecule has 1 aromatic heterocycles. The molecule has 0 radical (unpaired) electrons. The van der Waals surface area contributed by atoms with Gasteiger partial charge in [-0.25, -0.2) is 4.99 Å². The summed E-state index contributed by atoms with van der Waals surface area (Å²) < 4.78 is 5.26. The molecule has 2 aromatic rings. The summed E-state index contributed by atoms with van der Waals surface area (Å²) >= 11 is 0. The first-order chi connectivity index (χ1) is 8.38. The predicted molar refractivity (Wildman–Crippen MR) is 69.3 cm³/mol. The number of H-pyrrole nitrogens is 1. The molecule has 3 heteroatoms. The maximum absolute atomic E-state index is 5.26. The van der Waals surface area contributed by atoms with E-state index in [9.17, 15) is 0 Å². The first kappa shape index (κ1) is 10.1. The number of nitrogens with one attached hydrogen (secondary N) is 1. The highest BCUT2D eigenvalue weighted by Crippen LogP contribution is 2.34. The Balaban J connectivity index is 2.09. The predicted octanol–water partition coefficient (Wildman–Crippen LogP) is 3.34. The molecule has 0 saturated carbocycles. The fourth-order valence-electron chi connectivity index (χ4n) is 2.22. The van der Waals surface area contributed by atoms with Crippen molar-refractivity contribution >= 4 is 12.0 Å². The highest BCUT2D eigenvalue weighted by atomic mass is 16.5. The summed E-state index contributed by atoms with van der Waals surface area (Å²) in [4.78, 5) is 7.59. The third-order valence-corrected chi connectivity index (χ3v) is 3.09. The van der Waals surface area contributed by atoms with E-state index in [4.69, 9.17) is 4.74 Å². The lowest BCUT2D eigenvalue weighted by atomic mass is 10.00. The maximum Gasteiger partial charge on any atom is 0.133 e. The monoisotopic (exact) mass is 226 g/mol. The molecule has 1 N–H and O–H groups in total. The van der Waals surface area contributed by atoms with E-state index in [1.165, 1.54) is 16.7 Å². The number of hydrogen-bond donors (Lipinski definition) is 1. The minimum absolute atomic E-state index is 0.886. The standard InChI is InChI=1S/C14H14N2O/c1-17-11-5-2-4-10(8-11)13-9-16-14-12(13)6-3-7-15-14/h2,4-5,7-9,16H,3,6H2,1H3. The van der Waals surface area contributed by atoms with Crippen molar-refractivity contribution in [2.75, 3.05) is 7.11 Å². The van der Waals surface area contributed by atoms with Gasteiger partial charge < -0.3 is 9.72 Å². The number of aromatic nitrogens is 1. The van der Waals surface area contributed by atoms with E-state index in [-0.39, 0.29) is 0 Å². The van der Waals surface area contributed by atoms with Gasteiger partial charge in [-0.15, -0.1) is 0 Å². The van der Waals surface area contributed by atoms with Crippen LogP contribution in [0, 0.1) is 0 Å². The Bertz CT molecular complexity index is 569. The Labute approximate surface area is 100 Å². The fraction of sp³-hybridized carbons (Fsp3) is 0.214. The molecule has 1 aliphatic heterocycles. The fourth-order valence-corrected chi connectivity index (χ4v) is 2.22. The maximum atomic E-state index is 5.26. The summed E-state index contributed by atoms with van der Waals surface area (Å²) in [5.41, 5.74) is 3.72. The quantitative estimate of drug-likeness (QED) is 0.837. The van der Waals surface area contributed by atoms with Gasteiger partial charge in [0, 0.05) is 23.5 Å². The molecule has 0 atom stereocenters. The molecule has 3 nitrogen and oxygen atoms in total. The second-order valence-corrected chi connectivity index (χ2v) is 4.11. The molecule has 1 aromatic carbocycles. The lowest BCUT2D eigenvalue weighted by Gasteiger charge is -2.08. The number of fused-ring (bicyclic) bond motifs is 1. The van der Waals surface area contributed by atoms with Crippen LogP contribution in [0.3, 0.4) is 0 Å². The van der Waals surface area contributed by atoms with Gasteiger partial charge >= 0.3 is 0 Å². The van der Waals surface area contributed by atoms with E-state index in [0.29, 0.717) is 0 Å². The van der Waals surface area contributed by atoms with Crippen LogP contribution in [-0.2, 0) is 6.42 Å². The van der Waals surface area contributed by atoms with Crippen LogP contribution >= 0.6 is 0 Å². The first-order valence-electron chi connectivity index (χ1n) is 5.75. The van der Waals surface area contributed by atoms with E-state index in [0.717, 1.165) is 24.4 Å². The molecule has 0 spiro atoms. The van der Waals surface area contributed by atoms with Gasteiger partial charge in [-0.05, 0) is 30.5 Å². The first-order valence-corrected chi connectivity index (χ1v) is 5.75. The minimum atomic E-state index is 0.886. The molecule has 0 saturated heterocycles. The number of methoxy groups -OCH3 is 1. The number of nitrogens with zero attached hydrogens (tertiary/aromatic N) is 1. The summed E-state index contributed by atoms with van der Waals surface area (Å²) in [5, 5.41) is 0. The molecule has 1 aliphatic rings. The second-order valence-electron chi connectivity index (χ2n) is 4.11. The van der Waals surface area contributed by atoms with E-state index < -0.39 is 0 Å². The summed E-state index contributed by atoms with van der Waals surface area (Å²) in [6.07, 6.45) is 6.06. The van der Waals surface area contributed by atoms with Gasteiger partial charge in [-0.2, -0.15) is 0 Å². The molecule has 0 fully saturated rings. The third kappa shape index (κ3) is 1.73. The van der Waals surface area contributed by atoms with Crippen LogP contribution in [0.5, 0.6) is 5.75 Å². The van der Waals surface area contributed by atoms with Crippen LogP contribution in [0.1, 0.15) is 12.0 Å². The van der Waals surface area contributed by atoms with Crippen molar-refractivity contribution in [3.05, 3.63) is 36.0 Å². The second kappa shape index (κ2) is 4.09. The number of ether oxygens (including phenoxy) is 1. The third-order valence-electron chi connectivity index (χ3n) is 3.09. The Hall–Kier alpha value is -2.03. The molecule has 3 rings (SSSR count). The summed E-state index contributed by atoms with van der Waals surface area (Å²) in [6, 6.07) is 8.13. The van der Waals surface area contributed by atoms with Gasteiger partial charge in [0.15, 0.2) is 0 Å². The molecule has 0 unspecified atom stereocenters. The zero-order chi connectivity index (χ0) is 11.7.